The summed E-state index contributed by atoms with van der Waals surface area (Å²) in [4.78, 5) is 19.7. The molecule has 0 radical (unpaired) electrons. The highest BCUT2D eigenvalue weighted by molar-refractivity contribution is 6.11. The monoisotopic (exact) mass is 679 g/mol. The minimum atomic E-state index is 0.587. The summed E-state index contributed by atoms with van der Waals surface area (Å²) in [5, 5.41) is 4.86. The number of aromatic nitrogens is 5. The molecule has 11 rings (SSSR count). The molecule has 0 unspecified atom stereocenters. The molecule has 6 heteroatoms. The second-order valence-electron chi connectivity index (χ2n) is 13.5. The van der Waals surface area contributed by atoms with Crippen LogP contribution in [0.2, 0.25) is 0 Å². The van der Waals surface area contributed by atoms with E-state index in [4.69, 9.17) is 24.4 Å². The summed E-state index contributed by atoms with van der Waals surface area (Å²) < 4.78 is 8.79. The number of nitrogens with zero attached hydrogens (tertiary/aromatic N) is 5. The smallest absolute Gasteiger partial charge is 0.223 e. The Hall–Kier alpha value is -7.14. The lowest BCUT2D eigenvalue weighted by atomic mass is 9.93. The first kappa shape index (κ1) is 29.6. The lowest BCUT2D eigenvalue weighted by Gasteiger charge is -2.12. The zero-order valence-corrected chi connectivity index (χ0v) is 28.5. The van der Waals surface area contributed by atoms with Crippen molar-refractivity contribution in [1.82, 2.24) is 24.5 Å². The molecule has 0 fully saturated rings. The van der Waals surface area contributed by atoms with Crippen LogP contribution in [-0.4, -0.2) is 24.5 Å². The van der Waals surface area contributed by atoms with Crippen LogP contribution in [-0.2, 0) is 0 Å². The largest absolute Gasteiger partial charge is 0.436 e. The van der Waals surface area contributed by atoms with Crippen molar-refractivity contribution < 1.29 is 4.42 Å². The minimum Gasteiger partial charge on any atom is -0.436 e. The summed E-state index contributed by atoms with van der Waals surface area (Å²) in [7, 11) is 0. The van der Waals surface area contributed by atoms with Crippen LogP contribution in [0.1, 0.15) is 24.3 Å². The molecule has 0 bridgehead atoms. The maximum Gasteiger partial charge on any atom is 0.223 e. The number of fused-ring (bicyclic) bond motifs is 6. The molecule has 3 heterocycles. The van der Waals surface area contributed by atoms with Gasteiger partial charge in [0.15, 0.2) is 23.1 Å². The van der Waals surface area contributed by atoms with Crippen LogP contribution < -0.4 is 10.4 Å². The third-order valence-corrected chi connectivity index (χ3v) is 10.2. The van der Waals surface area contributed by atoms with Crippen LogP contribution in [0.5, 0.6) is 0 Å². The van der Waals surface area contributed by atoms with Crippen molar-refractivity contribution in [2.75, 3.05) is 0 Å². The number of hydrogen-bond acceptors (Lipinski definition) is 5. The van der Waals surface area contributed by atoms with Crippen LogP contribution in [0.15, 0.2) is 156 Å². The quantitative estimate of drug-likeness (QED) is 0.175. The maximum absolute atomic E-state index is 6.41. The summed E-state index contributed by atoms with van der Waals surface area (Å²) >= 11 is 0. The molecule has 0 saturated carbocycles. The van der Waals surface area contributed by atoms with E-state index in [2.05, 4.69) is 83.1 Å². The molecule has 2 aliphatic carbocycles. The molecule has 0 saturated heterocycles. The zero-order valence-electron chi connectivity index (χ0n) is 28.5. The Balaban J connectivity index is 0.974. The average molecular weight is 680 g/mol. The van der Waals surface area contributed by atoms with E-state index in [1.54, 1.807) is 0 Å². The van der Waals surface area contributed by atoms with Gasteiger partial charge in [-0.1, -0.05) is 109 Å². The van der Waals surface area contributed by atoms with Crippen LogP contribution >= 0.6 is 0 Å². The number of rotatable bonds is 6. The van der Waals surface area contributed by atoms with Gasteiger partial charge in [0.05, 0.1) is 16.3 Å². The van der Waals surface area contributed by atoms with Gasteiger partial charge in [-0.25, -0.2) is 19.9 Å². The molecule has 0 amide bonds. The highest BCUT2D eigenvalue weighted by Crippen LogP contribution is 2.36. The summed E-state index contributed by atoms with van der Waals surface area (Å²) in [5.74, 6) is 2.48. The van der Waals surface area contributed by atoms with Gasteiger partial charge in [-0.15, -0.1) is 0 Å². The number of oxazole rings is 1. The van der Waals surface area contributed by atoms with E-state index >= 15 is 0 Å². The molecule has 9 aromatic rings. The highest BCUT2D eigenvalue weighted by atomic mass is 16.3. The molecular formula is C47H29N5O. The summed E-state index contributed by atoms with van der Waals surface area (Å²) in [6.07, 6.45) is 6.33. The number of para-hydroxylation sites is 2. The van der Waals surface area contributed by atoms with Crippen LogP contribution in [0, 0.1) is 0 Å². The second kappa shape index (κ2) is 11.7. The first-order valence-corrected chi connectivity index (χ1v) is 17.9. The molecule has 2 aliphatic rings. The van der Waals surface area contributed by atoms with E-state index in [-0.39, 0.29) is 0 Å². The third-order valence-electron chi connectivity index (χ3n) is 10.2. The van der Waals surface area contributed by atoms with Crippen molar-refractivity contribution in [2.45, 2.75) is 12.8 Å². The fourth-order valence-electron chi connectivity index (χ4n) is 7.62. The molecule has 0 N–H and O–H groups in total. The molecule has 3 aromatic heterocycles. The first-order chi connectivity index (χ1) is 26.2. The van der Waals surface area contributed by atoms with Crippen molar-refractivity contribution in [3.05, 3.63) is 174 Å². The average Bonchev–Trinajstić information content (AvgIpc) is 3.80. The Morgan fingerprint density at radius 2 is 1.25 bits per heavy atom. The standard InChI is InChI=1S/C47H29N5O/c1-4-13-29(14-5-1)44-49-45(30-15-6-2-7-16-30)51-46(50-44)32-23-24-42-40(26-32)48-47(53-42)33-18-12-17-31(25-33)36-27-38-35-21-10-11-22-41(35)52(34-19-8-3-9-20-34)43(38)39-28-37(36)39/h1-11,13-17,19-27H,12,18H2. The van der Waals surface area contributed by atoms with E-state index in [1.165, 1.54) is 43.4 Å². The van der Waals surface area contributed by atoms with Gasteiger partial charge in [0.1, 0.15) is 5.52 Å². The van der Waals surface area contributed by atoms with Crippen molar-refractivity contribution >= 4 is 49.8 Å². The van der Waals surface area contributed by atoms with Gasteiger partial charge in [0.2, 0.25) is 5.89 Å². The van der Waals surface area contributed by atoms with E-state index in [0.29, 0.717) is 23.4 Å². The summed E-state index contributed by atoms with van der Waals surface area (Å²) in [6, 6.07) is 47.6. The SMILES string of the molecule is C1=c2c(C3=CCCC(c4nc5cc(-c6nc(-c7ccccc7)nc(-c7ccccc7)n6)ccc5o4)=C3)cc3c4ccccc4n(-c4ccccc4)c3c2=1. The Morgan fingerprint density at radius 3 is 1.98 bits per heavy atom. The third kappa shape index (κ3) is 4.96. The Kier molecular flexibility index (Phi) is 6.53. The van der Waals surface area contributed by atoms with Gasteiger partial charge in [-0.2, -0.15) is 0 Å². The van der Waals surface area contributed by atoms with Gasteiger partial charge in [0.25, 0.3) is 0 Å². The fourth-order valence-corrected chi connectivity index (χ4v) is 7.62. The van der Waals surface area contributed by atoms with Gasteiger partial charge < -0.3 is 8.98 Å². The number of hydrogen-bond donors (Lipinski definition) is 0. The first-order valence-electron chi connectivity index (χ1n) is 17.9. The topological polar surface area (TPSA) is 69.6 Å². The van der Waals surface area contributed by atoms with Crippen molar-refractivity contribution in [3.63, 3.8) is 0 Å². The molecule has 53 heavy (non-hydrogen) atoms. The summed E-state index contributed by atoms with van der Waals surface area (Å²) in [6.45, 7) is 0. The van der Waals surface area contributed by atoms with Gasteiger partial charge in [-0.3, -0.25) is 0 Å². The minimum absolute atomic E-state index is 0.587. The number of allylic oxidation sites excluding steroid dienone is 4. The molecule has 0 aliphatic heterocycles. The molecule has 0 spiro atoms. The molecule has 0 atom stereocenters. The van der Waals surface area contributed by atoms with Crippen LogP contribution in [0.25, 0.3) is 89.6 Å². The lowest BCUT2D eigenvalue weighted by Crippen LogP contribution is -2.16. The molecule has 6 aromatic carbocycles. The van der Waals surface area contributed by atoms with E-state index in [0.717, 1.165) is 51.9 Å². The predicted octanol–water partition coefficient (Wildman–Crippen LogP) is 9.44. The van der Waals surface area contributed by atoms with Crippen LogP contribution in [0.4, 0.5) is 0 Å². The van der Waals surface area contributed by atoms with Gasteiger partial charge >= 0.3 is 0 Å². The van der Waals surface area contributed by atoms with Crippen molar-refractivity contribution in [1.29, 1.82) is 0 Å². The number of benzene rings is 6. The summed E-state index contributed by atoms with van der Waals surface area (Å²) in [5.41, 5.74) is 14.9. The molecular weight excluding hydrogens is 651 g/mol. The van der Waals surface area contributed by atoms with E-state index in [9.17, 15) is 0 Å². The zero-order chi connectivity index (χ0) is 34.9. The van der Waals surface area contributed by atoms with Crippen LogP contribution in [0.3, 0.4) is 0 Å². The molecule has 248 valence electrons. The Labute approximate surface area is 304 Å². The second-order valence-corrected chi connectivity index (χ2v) is 13.5. The highest BCUT2D eigenvalue weighted by Gasteiger charge is 2.22. The Morgan fingerprint density at radius 1 is 0.585 bits per heavy atom. The van der Waals surface area contributed by atoms with Gasteiger partial charge in [-0.05, 0) is 72.5 Å². The van der Waals surface area contributed by atoms with Crippen molar-refractivity contribution in [3.8, 4) is 39.9 Å². The van der Waals surface area contributed by atoms with E-state index in [1.807, 2.05) is 78.9 Å². The Bertz CT molecular complexity index is 3080. The molecule has 6 nitrogen and oxygen atoms in total. The van der Waals surface area contributed by atoms with Crippen molar-refractivity contribution in [2.24, 2.45) is 0 Å². The maximum atomic E-state index is 6.41. The van der Waals surface area contributed by atoms with E-state index < -0.39 is 0 Å². The van der Waals surface area contributed by atoms with Gasteiger partial charge in [0, 0.05) is 43.9 Å². The predicted molar refractivity (Wildman–Crippen MR) is 211 cm³/mol. The lowest BCUT2D eigenvalue weighted by molar-refractivity contribution is 0.580. The normalized spacial score (nSPS) is 13.4. The fraction of sp³-hybridized carbons (Fsp3) is 0.0426.